The highest BCUT2D eigenvalue weighted by Crippen LogP contribution is 2.16. The first-order chi connectivity index (χ1) is 9.65. The van der Waals surface area contributed by atoms with Gasteiger partial charge in [0, 0.05) is 19.6 Å². The van der Waals surface area contributed by atoms with Gasteiger partial charge in [-0.2, -0.15) is 0 Å². The summed E-state index contributed by atoms with van der Waals surface area (Å²) >= 11 is 0. The standard InChI is InChI=1S/C16H32N4.HI/c1-14-4-10-19(11-5-14)9-3-8-18-16(17)20-12-6-15(2)7-13-20;/h14-15H,3-13H2,1-2H3,(H2,17,18);1H. The van der Waals surface area contributed by atoms with Crippen LogP contribution in [0.25, 0.3) is 0 Å². The summed E-state index contributed by atoms with van der Waals surface area (Å²) in [7, 11) is 0. The quantitative estimate of drug-likeness (QED) is 0.337. The zero-order valence-corrected chi connectivity index (χ0v) is 16.1. The van der Waals surface area contributed by atoms with Crippen molar-refractivity contribution in [2.75, 3.05) is 39.3 Å². The lowest BCUT2D eigenvalue weighted by Gasteiger charge is -2.31. The average Bonchev–Trinajstić information content (AvgIpc) is 2.46. The predicted octanol–water partition coefficient (Wildman–Crippen LogP) is 2.77. The van der Waals surface area contributed by atoms with Gasteiger partial charge in [0.2, 0.25) is 0 Å². The van der Waals surface area contributed by atoms with Crippen molar-refractivity contribution in [1.29, 1.82) is 0 Å². The number of likely N-dealkylation sites (tertiary alicyclic amines) is 2. The van der Waals surface area contributed by atoms with Crippen molar-refractivity contribution in [3.8, 4) is 0 Å². The van der Waals surface area contributed by atoms with Crippen molar-refractivity contribution in [2.24, 2.45) is 22.6 Å². The maximum Gasteiger partial charge on any atom is 0.191 e. The molecule has 2 aliphatic rings. The molecule has 0 aromatic rings. The molecule has 0 atom stereocenters. The molecule has 0 radical (unpaired) electrons. The van der Waals surface area contributed by atoms with E-state index in [0.717, 1.165) is 43.9 Å². The molecule has 5 heteroatoms. The molecule has 0 unspecified atom stereocenters. The van der Waals surface area contributed by atoms with E-state index in [2.05, 4.69) is 28.6 Å². The third-order valence-electron chi connectivity index (χ3n) is 4.89. The van der Waals surface area contributed by atoms with E-state index in [1.54, 1.807) is 0 Å². The van der Waals surface area contributed by atoms with Gasteiger partial charge >= 0.3 is 0 Å². The zero-order valence-electron chi connectivity index (χ0n) is 13.8. The number of halogens is 1. The van der Waals surface area contributed by atoms with Gasteiger partial charge in [0.15, 0.2) is 5.96 Å². The molecule has 2 heterocycles. The second-order valence-corrected chi connectivity index (χ2v) is 6.79. The highest BCUT2D eigenvalue weighted by atomic mass is 127. The van der Waals surface area contributed by atoms with Crippen molar-refractivity contribution in [3.63, 3.8) is 0 Å². The van der Waals surface area contributed by atoms with Gasteiger partial charge in [-0.15, -0.1) is 24.0 Å². The van der Waals surface area contributed by atoms with Crippen molar-refractivity contribution in [2.45, 2.75) is 46.0 Å². The SMILES string of the molecule is CC1CCN(CCCN=C(N)N2CCC(C)CC2)CC1.I. The number of hydrogen-bond acceptors (Lipinski definition) is 2. The molecule has 0 aliphatic carbocycles. The van der Waals surface area contributed by atoms with E-state index in [4.69, 9.17) is 5.73 Å². The fraction of sp³-hybridized carbons (Fsp3) is 0.938. The fourth-order valence-corrected chi connectivity index (χ4v) is 3.11. The minimum atomic E-state index is 0. The van der Waals surface area contributed by atoms with E-state index in [9.17, 15) is 0 Å². The summed E-state index contributed by atoms with van der Waals surface area (Å²) < 4.78 is 0. The van der Waals surface area contributed by atoms with Crippen LogP contribution in [0.2, 0.25) is 0 Å². The predicted molar refractivity (Wildman–Crippen MR) is 101 cm³/mol. The zero-order chi connectivity index (χ0) is 14.4. The number of aliphatic imine (C=N–C) groups is 1. The Morgan fingerprint density at radius 1 is 1.00 bits per heavy atom. The van der Waals surface area contributed by atoms with Crippen LogP contribution in [0.1, 0.15) is 46.0 Å². The summed E-state index contributed by atoms with van der Waals surface area (Å²) in [5, 5.41) is 0. The highest BCUT2D eigenvalue weighted by molar-refractivity contribution is 14.0. The molecular weight excluding hydrogens is 375 g/mol. The minimum Gasteiger partial charge on any atom is -0.370 e. The second kappa shape index (κ2) is 9.87. The van der Waals surface area contributed by atoms with Gasteiger partial charge in [0.1, 0.15) is 0 Å². The first-order valence-corrected chi connectivity index (χ1v) is 8.42. The van der Waals surface area contributed by atoms with Crippen LogP contribution < -0.4 is 5.73 Å². The molecule has 4 nitrogen and oxygen atoms in total. The Labute approximate surface area is 147 Å². The molecule has 2 saturated heterocycles. The summed E-state index contributed by atoms with van der Waals surface area (Å²) in [6.07, 6.45) is 6.36. The first kappa shape index (κ1) is 19.0. The van der Waals surface area contributed by atoms with Crippen LogP contribution in [0.4, 0.5) is 0 Å². The third-order valence-corrected chi connectivity index (χ3v) is 4.89. The van der Waals surface area contributed by atoms with E-state index >= 15 is 0 Å². The van der Waals surface area contributed by atoms with Crippen molar-refractivity contribution < 1.29 is 0 Å². The van der Waals surface area contributed by atoms with Gasteiger partial charge in [-0.05, 0) is 63.6 Å². The molecule has 0 spiro atoms. The number of hydrogen-bond donors (Lipinski definition) is 1. The molecule has 2 N–H and O–H groups in total. The largest absolute Gasteiger partial charge is 0.370 e. The Morgan fingerprint density at radius 3 is 2.10 bits per heavy atom. The van der Waals surface area contributed by atoms with E-state index in [1.807, 2.05) is 0 Å². The van der Waals surface area contributed by atoms with E-state index < -0.39 is 0 Å². The molecule has 0 bridgehead atoms. The smallest absolute Gasteiger partial charge is 0.191 e. The molecule has 0 aromatic heterocycles. The first-order valence-electron chi connectivity index (χ1n) is 8.42. The van der Waals surface area contributed by atoms with Crippen LogP contribution in [-0.2, 0) is 0 Å². The lowest BCUT2D eigenvalue weighted by molar-refractivity contribution is 0.191. The Kier molecular flexibility index (Phi) is 8.94. The Bertz CT molecular complexity index is 305. The summed E-state index contributed by atoms with van der Waals surface area (Å²) in [6, 6.07) is 0. The topological polar surface area (TPSA) is 44.9 Å². The van der Waals surface area contributed by atoms with E-state index in [1.165, 1.54) is 45.3 Å². The van der Waals surface area contributed by atoms with Gasteiger partial charge < -0.3 is 15.5 Å². The Morgan fingerprint density at radius 2 is 1.52 bits per heavy atom. The lowest BCUT2D eigenvalue weighted by Crippen LogP contribution is -2.42. The van der Waals surface area contributed by atoms with Crippen LogP contribution >= 0.6 is 24.0 Å². The second-order valence-electron chi connectivity index (χ2n) is 6.79. The number of piperidine rings is 2. The molecule has 2 rings (SSSR count). The maximum absolute atomic E-state index is 6.09. The average molecular weight is 408 g/mol. The van der Waals surface area contributed by atoms with Crippen LogP contribution in [0, 0.1) is 11.8 Å². The Hall–Kier alpha value is -0.0400. The molecule has 0 aromatic carbocycles. The van der Waals surface area contributed by atoms with E-state index in [-0.39, 0.29) is 24.0 Å². The molecule has 2 fully saturated rings. The van der Waals surface area contributed by atoms with Crippen molar-refractivity contribution in [3.05, 3.63) is 0 Å². The molecule has 0 saturated carbocycles. The highest BCUT2D eigenvalue weighted by Gasteiger charge is 2.17. The van der Waals surface area contributed by atoms with Gasteiger partial charge in [-0.3, -0.25) is 4.99 Å². The van der Waals surface area contributed by atoms with Gasteiger partial charge in [-0.25, -0.2) is 0 Å². The van der Waals surface area contributed by atoms with Crippen LogP contribution in [0.3, 0.4) is 0 Å². The maximum atomic E-state index is 6.09. The van der Waals surface area contributed by atoms with Crippen LogP contribution in [0.5, 0.6) is 0 Å². The van der Waals surface area contributed by atoms with Gasteiger partial charge in [0.05, 0.1) is 0 Å². The summed E-state index contributed by atoms with van der Waals surface area (Å²) in [5.41, 5.74) is 6.09. The van der Waals surface area contributed by atoms with Gasteiger partial charge in [-0.1, -0.05) is 13.8 Å². The fourth-order valence-electron chi connectivity index (χ4n) is 3.11. The number of nitrogens with zero attached hydrogens (tertiary/aromatic N) is 3. The third kappa shape index (κ3) is 6.72. The lowest BCUT2D eigenvalue weighted by atomic mass is 9.99. The molecule has 0 amide bonds. The molecular formula is C16H33IN4. The van der Waals surface area contributed by atoms with Crippen LogP contribution in [0.15, 0.2) is 4.99 Å². The molecule has 124 valence electrons. The van der Waals surface area contributed by atoms with Crippen LogP contribution in [-0.4, -0.2) is 55.0 Å². The summed E-state index contributed by atoms with van der Waals surface area (Å²) in [6.45, 7) is 11.5. The Balaban J connectivity index is 0.00000220. The number of rotatable bonds is 4. The minimum absolute atomic E-state index is 0. The van der Waals surface area contributed by atoms with Crippen molar-refractivity contribution in [1.82, 2.24) is 9.80 Å². The number of guanidine groups is 1. The normalized spacial score (nSPS) is 23.1. The van der Waals surface area contributed by atoms with E-state index in [0.29, 0.717) is 0 Å². The summed E-state index contributed by atoms with van der Waals surface area (Å²) in [5.74, 6) is 2.53. The monoisotopic (exact) mass is 408 g/mol. The number of nitrogens with two attached hydrogens (primary N) is 1. The van der Waals surface area contributed by atoms with Gasteiger partial charge in [0.25, 0.3) is 0 Å². The molecule has 2 aliphatic heterocycles. The van der Waals surface area contributed by atoms with Crippen molar-refractivity contribution >= 4 is 29.9 Å². The summed E-state index contributed by atoms with van der Waals surface area (Å²) in [4.78, 5) is 9.40. The molecule has 21 heavy (non-hydrogen) atoms.